The van der Waals surface area contributed by atoms with Gasteiger partial charge in [-0.15, -0.1) is 0 Å². The van der Waals surface area contributed by atoms with E-state index in [1.165, 1.54) is 36.4 Å². The van der Waals surface area contributed by atoms with E-state index in [0.717, 1.165) is 24.3 Å². The molecule has 0 saturated carbocycles. The van der Waals surface area contributed by atoms with E-state index in [0.29, 0.717) is 11.1 Å². The molecule has 0 bridgehead atoms. The second kappa shape index (κ2) is 7.74. The summed E-state index contributed by atoms with van der Waals surface area (Å²) in [5.74, 6) is 0. The lowest BCUT2D eigenvalue weighted by atomic mass is 10.2. The molecule has 11 heteroatoms. The number of benzene rings is 2. The summed E-state index contributed by atoms with van der Waals surface area (Å²) >= 11 is 0. The van der Waals surface area contributed by atoms with Gasteiger partial charge in [0.1, 0.15) is 20.0 Å². The predicted molar refractivity (Wildman–Crippen MR) is 103 cm³/mol. The molecular weight excluding hydrogens is 412 g/mol. The SMILES string of the molecule is C=Cc1ccc(S(=O)(=O)[N-]S(=O)(=O)[N-]S(=O)(=O)c2ccc(C=C)cc2)cc1. The highest BCUT2D eigenvalue weighted by Gasteiger charge is 2.11. The molecule has 27 heavy (non-hydrogen) atoms. The van der Waals surface area contributed by atoms with E-state index in [2.05, 4.69) is 21.4 Å². The van der Waals surface area contributed by atoms with Crippen LogP contribution in [0.2, 0.25) is 0 Å². The topological polar surface area (TPSA) is 131 Å². The minimum absolute atomic E-state index is 0.431. The van der Waals surface area contributed by atoms with Crippen molar-refractivity contribution < 1.29 is 25.3 Å². The van der Waals surface area contributed by atoms with Gasteiger partial charge in [-0.25, -0.2) is 16.8 Å². The molecule has 2 aromatic carbocycles. The molecule has 0 spiro atoms. The van der Waals surface area contributed by atoms with Gasteiger partial charge in [0, 0.05) is 20.0 Å². The van der Waals surface area contributed by atoms with Gasteiger partial charge < -0.3 is 8.25 Å². The molecule has 0 amide bonds. The first-order valence-corrected chi connectivity index (χ1v) is 11.5. The van der Waals surface area contributed by atoms with Crippen LogP contribution in [0.4, 0.5) is 0 Å². The van der Waals surface area contributed by atoms with Crippen molar-refractivity contribution in [1.29, 1.82) is 0 Å². The molecule has 2 rings (SSSR count). The number of sulfonamides is 2. The summed E-state index contributed by atoms with van der Waals surface area (Å²) in [7, 11) is -14.5. The maximum atomic E-state index is 12.1. The van der Waals surface area contributed by atoms with Crippen molar-refractivity contribution in [3.8, 4) is 0 Å². The van der Waals surface area contributed by atoms with Crippen LogP contribution in [-0.4, -0.2) is 25.3 Å². The highest BCUT2D eigenvalue weighted by molar-refractivity contribution is 8.20. The maximum absolute atomic E-state index is 12.1. The predicted octanol–water partition coefficient (Wildman–Crippen LogP) is 3.04. The summed E-state index contributed by atoms with van der Waals surface area (Å²) in [6, 6.07) is 10.0. The molecule has 0 aliphatic carbocycles. The lowest BCUT2D eigenvalue weighted by Crippen LogP contribution is -2.11. The summed E-state index contributed by atoms with van der Waals surface area (Å²) in [6.45, 7) is 7.01. The van der Waals surface area contributed by atoms with Crippen LogP contribution in [-0.2, 0) is 30.3 Å². The van der Waals surface area contributed by atoms with Gasteiger partial charge in [0.05, 0.1) is 0 Å². The largest absolute Gasteiger partial charge is 0.449 e. The zero-order chi connectivity index (χ0) is 20.3. The fourth-order valence-corrected chi connectivity index (χ4v) is 5.89. The first-order valence-electron chi connectivity index (χ1n) is 7.18. The average molecular weight is 426 g/mol. The van der Waals surface area contributed by atoms with Gasteiger partial charge in [0.15, 0.2) is 0 Å². The van der Waals surface area contributed by atoms with Gasteiger partial charge in [-0.05, 0) is 35.4 Å². The fraction of sp³-hybridized carbons (Fsp3) is 0. The number of hydrogen-bond acceptors (Lipinski definition) is 6. The number of hydrogen-bond donors (Lipinski definition) is 0. The van der Waals surface area contributed by atoms with Gasteiger partial charge in [-0.3, -0.25) is 8.42 Å². The van der Waals surface area contributed by atoms with Crippen molar-refractivity contribution in [3.05, 3.63) is 81.1 Å². The van der Waals surface area contributed by atoms with Crippen molar-refractivity contribution in [1.82, 2.24) is 0 Å². The highest BCUT2D eigenvalue weighted by atomic mass is 32.3. The molecule has 0 radical (unpaired) electrons. The Hall–Kier alpha value is -2.31. The van der Waals surface area contributed by atoms with Crippen LogP contribution in [0.3, 0.4) is 0 Å². The third-order valence-electron chi connectivity index (χ3n) is 3.21. The van der Waals surface area contributed by atoms with E-state index in [4.69, 9.17) is 0 Å². The lowest BCUT2D eigenvalue weighted by molar-refractivity contribution is 0.596. The Morgan fingerprint density at radius 2 is 0.889 bits per heavy atom. The minimum Gasteiger partial charge on any atom is -0.449 e. The van der Waals surface area contributed by atoms with Crippen molar-refractivity contribution in [3.63, 3.8) is 0 Å². The van der Waals surface area contributed by atoms with Crippen LogP contribution >= 0.6 is 0 Å². The molecule has 0 aliphatic rings. The molecule has 8 nitrogen and oxygen atoms in total. The van der Waals surface area contributed by atoms with E-state index >= 15 is 0 Å². The van der Waals surface area contributed by atoms with Crippen molar-refractivity contribution >= 4 is 42.4 Å². The second-order valence-electron chi connectivity index (χ2n) is 5.09. The Balaban J connectivity index is 2.26. The molecular formula is C16H14N2O6S3-2. The second-order valence-corrected chi connectivity index (χ2v) is 10.0. The third-order valence-corrected chi connectivity index (χ3v) is 8.02. The zero-order valence-corrected chi connectivity index (χ0v) is 16.2. The Morgan fingerprint density at radius 1 is 0.593 bits per heavy atom. The molecule has 0 saturated heterocycles. The lowest BCUT2D eigenvalue weighted by Gasteiger charge is -2.30. The van der Waals surface area contributed by atoms with E-state index in [-0.39, 0.29) is 0 Å². The average Bonchev–Trinajstić information content (AvgIpc) is 2.60. The van der Waals surface area contributed by atoms with Crippen molar-refractivity contribution in [2.45, 2.75) is 9.79 Å². The number of nitrogens with zero attached hydrogens (tertiary/aromatic N) is 2. The Labute approximate surface area is 158 Å². The van der Waals surface area contributed by atoms with Crippen molar-refractivity contribution in [2.75, 3.05) is 0 Å². The van der Waals surface area contributed by atoms with E-state index in [1.54, 1.807) is 0 Å². The van der Waals surface area contributed by atoms with Crippen LogP contribution in [0.5, 0.6) is 0 Å². The molecule has 0 atom stereocenters. The maximum Gasteiger partial charge on any atom is 0.111 e. The summed E-state index contributed by atoms with van der Waals surface area (Å²) in [5, 5.41) is 0. The Bertz CT molecular complexity index is 1080. The smallest absolute Gasteiger partial charge is 0.111 e. The molecule has 0 unspecified atom stereocenters. The first kappa shape index (κ1) is 21.0. The summed E-state index contributed by atoms with van der Waals surface area (Å²) in [4.78, 5) is -0.862. The summed E-state index contributed by atoms with van der Waals surface area (Å²) in [6.07, 6.45) is 2.92. The molecule has 0 heterocycles. The molecule has 0 aliphatic heterocycles. The van der Waals surface area contributed by atoms with Crippen LogP contribution in [0.1, 0.15) is 11.1 Å². The van der Waals surface area contributed by atoms with Gasteiger partial charge >= 0.3 is 0 Å². The van der Waals surface area contributed by atoms with E-state index in [9.17, 15) is 25.3 Å². The van der Waals surface area contributed by atoms with Crippen LogP contribution in [0, 0.1) is 0 Å². The molecule has 0 N–H and O–H groups in total. The first-order chi connectivity index (χ1) is 12.5. The van der Waals surface area contributed by atoms with Gasteiger partial charge in [0.25, 0.3) is 0 Å². The highest BCUT2D eigenvalue weighted by Crippen LogP contribution is 2.29. The Morgan fingerprint density at radius 3 is 1.15 bits per heavy atom. The summed E-state index contributed by atoms with van der Waals surface area (Å²) < 4.78 is 77.7. The molecule has 2 aromatic rings. The Kier molecular flexibility index (Phi) is 6.02. The van der Waals surface area contributed by atoms with Crippen molar-refractivity contribution in [2.24, 2.45) is 0 Å². The standard InChI is InChI=1S/C16H14N2O6S3/c1-3-13-5-9-15(10-6-13)25(19,20)17-27(23,24)18-26(21,22)16-11-7-14(4-2)8-12-16/h3-12H,1-2H2/q-2. The van der Waals surface area contributed by atoms with E-state index < -0.39 is 40.0 Å². The molecule has 144 valence electrons. The van der Waals surface area contributed by atoms with Gasteiger partial charge in [-0.1, -0.05) is 49.6 Å². The van der Waals surface area contributed by atoms with E-state index in [1.807, 2.05) is 0 Å². The zero-order valence-electron chi connectivity index (χ0n) is 13.8. The van der Waals surface area contributed by atoms with Crippen LogP contribution in [0.15, 0.2) is 71.5 Å². The summed E-state index contributed by atoms with van der Waals surface area (Å²) in [5.41, 5.74) is 1.21. The minimum atomic E-state index is -5.19. The monoisotopic (exact) mass is 426 g/mol. The fourth-order valence-electron chi connectivity index (χ4n) is 1.90. The van der Waals surface area contributed by atoms with Gasteiger partial charge in [0.2, 0.25) is 0 Å². The normalized spacial score (nSPS) is 12.4. The van der Waals surface area contributed by atoms with Gasteiger partial charge in [-0.2, -0.15) is 0 Å². The van der Waals surface area contributed by atoms with Crippen LogP contribution in [0.25, 0.3) is 20.4 Å². The molecule has 0 aromatic heterocycles. The van der Waals surface area contributed by atoms with Crippen LogP contribution < -0.4 is 0 Å². The number of rotatable bonds is 8. The third kappa shape index (κ3) is 5.34. The molecule has 0 fully saturated rings. The quantitative estimate of drug-likeness (QED) is 0.637.